The van der Waals surface area contributed by atoms with Gasteiger partial charge in [0, 0.05) is 12.7 Å². The lowest BCUT2D eigenvalue weighted by molar-refractivity contribution is 0.0601. The number of hydrogen-bond acceptors (Lipinski definition) is 5. The highest BCUT2D eigenvalue weighted by Gasteiger charge is 2.14. The van der Waals surface area contributed by atoms with Gasteiger partial charge in [0.25, 0.3) is 0 Å². The van der Waals surface area contributed by atoms with Crippen LogP contribution in [0.4, 0.5) is 10.5 Å². The average Bonchev–Trinajstić information content (AvgIpc) is 2.69. The first-order valence-corrected chi connectivity index (χ1v) is 8.49. The quantitative estimate of drug-likeness (QED) is 0.727. The Morgan fingerprint density at radius 3 is 2.37 bits per heavy atom. The van der Waals surface area contributed by atoms with Crippen molar-refractivity contribution in [3.05, 3.63) is 53.1 Å². The summed E-state index contributed by atoms with van der Waals surface area (Å²) in [6.45, 7) is 0.694. The van der Waals surface area contributed by atoms with Gasteiger partial charge in [-0.1, -0.05) is 11.6 Å². The highest BCUT2D eigenvalue weighted by atomic mass is 35.5. The van der Waals surface area contributed by atoms with E-state index in [1.54, 1.807) is 44.5 Å². The van der Waals surface area contributed by atoms with E-state index >= 15 is 0 Å². The normalized spacial score (nSPS) is 10.1. The second-order valence-electron chi connectivity index (χ2n) is 5.56. The Morgan fingerprint density at radius 1 is 1.07 bits per heavy atom. The van der Waals surface area contributed by atoms with Crippen LogP contribution in [0.3, 0.4) is 0 Å². The SMILES string of the molecule is COC(=O)c1cc(NC(=O)N(C)CCOc2ccc(OC)cc2)ccc1Cl. The van der Waals surface area contributed by atoms with Crippen LogP contribution in [0.2, 0.25) is 5.02 Å². The predicted octanol–water partition coefficient (Wildman–Crippen LogP) is 3.68. The van der Waals surface area contributed by atoms with Crippen LogP contribution >= 0.6 is 11.6 Å². The minimum absolute atomic E-state index is 0.183. The average molecular weight is 393 g/mol. The molecule has 2 aromatic rings. The first-order valence-electron chi connectivity index (χ1n) is 8.11. The third-order valence-electron chi connectivity index (χ3n) is 3.72. The smallest absolute Gasteiger partial charge is 0.339 e. The lowest BCUT2D eigenvalue weighted by Crippen LogP contribution is -2.34. The van der Waals surface area contributed by atoms with Gasteiger partial charge in [-0.25, -0.2) is 9.59 Å². The molecule has 7 nitrogen and oxygen atoms in total. The summed E-state index contributed by atoms with van der Waals surface area (Å²) in [5.74, 6) is 0.857. The van der Waals surface area contributed by atoms with E-state index in [4.69, 9.17) is 21.1 Å². The number of ether oxygens (including phenoxy) is 3. The van der Waals surface area contributed by atoms with Gasteiger partial charge in [-0.2, -0.15) is 0 Å². The van der Waals surface area contributed by atoms with Crippen molar-refractivity contribution in [1.29, 1.82) is 0 Å². The Balaban J connectivity index is 1.87. The lowest BCUT2D eigenvalue weighted by Gasteiger charge is -2.18. The molecular weight excluding hydrogens is 372 g/mol. The molecule has 2 aromatic carbocycles. The van der Waals surface area contributed by atoms with Gasteiger partial charge in [0.05, 0.1) is 31.4 Å². The molecule has 1 N–H and O–H groups in total. The Kier molecular flexibility index (Phi) is 7.31. The van der Waals surface area contributed by atoms with E-state index in [0.29, 0.717) is 24.6 Å². The van der Waals surface area contributed by atoms with Gasteiger partial charge in [0.15, 0.2) is 0 Å². The maximum Gasteiger partial charge on any atom is 0.339 e. The highest BCUT2D eigenvalue weighted by Crippen LogP contribution is 2.21. The van der Waals surface area contributed by atoms with E-state index in [-0.39, 0.29) is 16.6 Å². The number of urea groups is 1. The van der Waals surface area contributed by atoms with E-state index in [2.05, 4.69) is 10.1 Å². The standard InChI is InChI=1S/C19H21ClN2O5/c1-22(10-11-27-15-7-5-14(25-2)6-8-15)19(24)21-13-4-9-17(20)16(12-13)18(23)26-3/h4-9,12H,10-11H2,1-3H3,(H,21,24). The number of nitrogens with zero attached hydrogens (tertiary/aromatic N) is 1. The van der Waals surface area contributed by atoms with Crippen LogP contribution in [0, 0.1) is 0 Å². The third-order valence-corrected chi connectivity index (χ3v) is 4.05. The molecule has 0 aliphatic rings. The first kappa shape index (κ1) is 20.4. The zero-order valence-electron chi connectivity index (χ0n) is 15.3. The largest absolute Gasteiger partial charge is 0.497 e. The molecule has 8 heteroatoms. The summed E-state index contributed by atoms with van der Waals surface area (Å²) >= 11 is 5.97. The van der Waals surface area contributed by atoms with E-state index in [1.807, 2.05) is 0 Å². The predicted molar refractivity (Wildman–Crippen MR) is 103 cm³/mol. The fraction of sp³-hybridized carbons (Fsp3) is 0.263. The van der Waals surface area contributed by atoms with Crippen LogP contribution in [-0.4, -0.2) is 51.3 Å². The molecule has 0 fully saturated rings. The molecule has 0 spiro atoms. The van der Waals surface area contributed by atoms with Gasteiger partial charge in [0.1, 0.15) is 18.1 Å². The summed E-state index contributed by atoms with van der Waals surface area (Å²) < 4.78 is 15.3. The van der Waals surface area contributed by atoms with Crippen molar-refractivity contribution in [2.45, 2.75) is 0 Å². The van der Waals surface area contributed by atoms with Crippen molar-refractivity contribution in [2.24, 2.45) is 0 Å². The van der Waals surface area contributed by atoms with Crippen molar-refractivity contribution in [3.63, 3.8) is 0 Å². The zero-order chi connectivity index (χ0) is 19.8. The number of carbonyl (C=O) groups is 2. The van der Waals surface area contributed by atoms with Crippen molar-refractivity contribution >= 4 is 29.3 Å². The number of anilines is 1. The highest BCUT2D eigenvalue weighted by molar-refractivity contribution is 6.33. The molecule has 27 heavy (non-hydrogen) atoms. The number of rotatable bonds is 7. The molecule has 0 radical (unpaired) electrons. The van der Waals surface area contributed by atoms with Crippen LogP contribution in [-0.2, 0) is 4.74 Å². The summed E-state index contributed by atoms with van der Waals surface area (Å²) in [6, 6.07) is 11.4. The maximum absolute atomic E-state index is 12.3. The van der Waals surface area contributed by atoms with Gasteiger partial charge in [-0.05, 0) is 42.5 Å². The molecule has 0 bridgehead atoms. The number of halogens is 1. The summed E-state index contributed by atoms with van der Waals surface area (Å²) in [5, 5.41) is 2.95. The topological polar surface area (TPSA) is 77.1 Å². The summed E-state index contributed by atoms with van der Waals surface area (Å²) in [6.07, 6.45) is 0. The van der Waals surface area contributed by atoms with Crippen LogP contribution in [0.15, 0.2) is 42.5 Å². The molecule has 2 amide bonds. The summed E-state index contributed by atoms with van der Waals surface area (Å²) in [5.41, 5.74) is 0.621. The van der Waals surface area contributed by atoms with Crippen LogP contribution in [0.25, 0.3) is 0 Å². The number of esters is 1. The Hall–Kier alpha value is -2.93. The van der Waals surface area contributed by atoms with E-state index in [9.17, 15) is 9.59 Å². The molecule has 0 saturated carbocycles. The summed E-state index contributed by atoms with van der Waals surface area (Å²) in [4.78, 5) is 25.4. The molecule has 0 atom stereocenters. The zero-order valence-corrected chi connectivity index (χ0v) is 16.1. The lowest BCUT2D eigenvalue weighted by atomic mass is 10.2. The van der Waals surface area contributed by atoms with Gasteiger partial charge < -0.3 is 24.4 Å². The molecule has 0 saturated heterocycles. The van der Waals surface area contributed by atoms with Crippen molar-refractivity contribution in [1.82, 2.24) is 4.90 Å². The minimum atomic E-state index is -0.572. The number of methoxy groups -OCH3 is 2. The molecule has 0 aromatic heterocycles. The molecule has 0 unspecified atom stereocenters. The van der Waals surface area contributed by atoms with E-state index in [0.717, 1.165) is 5.75 Å². The monoisotopic (exact) mass is 392 g/mol. The van der Waals surface area contributed by atoms with Crippen molar-refractivity contribution in [3.8, 4) is 11.5 Å². The molecule has 144 valence electrons. The first-order chi connectivity index (χ1) is 12.9. The fourth-order valence-corrected chi connectivity index (χ4v) is 2.36. The Morgan fingerprint density at radius 2 is 1.74 bits per heavy atom. The fourth-order valence-electron chi connectivity index (χ4n) is 2.16. The number of nitrogens with one attached hydrogen (secondary N) is 1. The third kappa shape index (κ3) is 5.79. The van der Waals surface area contributed by atoms with E-state index < -0.39 is 5.97 Å². The van der Waals surface area contributed by atoms with Gasteiger partial charge in [0.2, 0.25) is 0 Å². The summed E-state index contributed by atoms with van der Waals surface area (Å²) in [7, 11) is 4.50. The molecule has 0 heterocycles. The Bertz CT molecular complexity index is 795. The molecule has 0 aliphatic carbocycles. The van der Waals surface area contributed by atoms with Gasteiger partial charge in [-0.3, -0.25) is 0 Å². The number of carbonyl (C=O) groups excluding carboxylic acids is 2. The molecule has 2 rings (SSSR count). The van der Waals surface area contributed by atoms with E-state index in [1.165, 1.54) is 24.1 Å². The number of amides is 2. The number of likely N-dealkylation sites (N-methyl/N-ethyl adjacent to an activating group) is 1. The van der Waals surface area contributed by atoms with Crippen LogP contribution in [0.5, 0.6) is 11.5 Å². The van der Waals surface area contributed by atoms with Gasteiger partial charge >= 0.3 is 12.0 Å². The molecule has 0 aliphatic heterocycles. The second kappa shape index (κ2) is 9.68. The second-order valence-corrected chi connectivity index (χ2v) is 5.97. The Labute approximate surface area is 162 Å². The number of hydrogen-bond donors (Lipinski definition) is 1. The van der Waals surface area contributed by atoms with Gasteiger partial charge in [-0.15, -0.1) is 0 Å². The van der Waals surface area contributed by atoms with Crippen molar-refractivity contribution in [2.75, 3.05) is 39.7 Å². The molecular formula is C19H21ClN2O5. The number of benzene rings is 2. The van der Waals surface area contributed by atoms with Crippen LogP contribution in [0.1, 0.15) is 10.4 Å². The maximum atomic E-state index is 12.3. The van der Waals surface area contributed by atoms with Crippen LogP contribution < -0.4 is 14.8 Å². The minimum Gasteiger partial charge on any atom is -0.497 e. The van der Waals surface area contributed by atoms with Crippen molar-refractivity contribution < 1.29 is 23.8 Å².